The maximum Gasteiger partial charge on any atom is 0.573 e. The number of nitrogens with zero attached hydrogens (tertiary/aromatic N) is 1. The van der Waals surface area contributed by atoms with Gasteiger partial charge >= 0.3 is 6.36 Å². The lowest BCUT2D eigenvalue weighted by Crippen LogP contribution is -2.37. The van der Waals surface area contributed by atoms with Gasteiger partial charge in [-0.1, -0.05) is 30.3 Å². The van der Waals surface area contributed by atoms with Crippen LogP contribution < -0.4 is 19.1 Å². The Labute approximate surface area is 188 Å². The van der Waals surface area contributed by atoms with Gasteiger partial charge in [-0.15, -0.1) is 13.2 Å². The van der Waals surface area contributed by atoms with Gasteiger partial charge in [-0.05, 0) is 48.5 Å². The van der Waals surface area contributed by atoms with Gasteiger partial charge in [0, 0.05) is 5.69 Å². The molecule has 0 saturated carbocycles. The first-order chi connectivity index (χ1) is 15.5. The quantitative estimate of drug-likeness (QED) is 0.502. The highest BCUT2D eigenvalue weighted by Crippen LogP contribution is 2.33. The number of carbonyl (C=O) groups excluding carboxylic acids is 1. The van der Waals surface area contributed by atoms with Gasteiger partial charge in [-0.3, -0.25) is 9.10 Å². The van der Waals surface area contributed by atoms with Crippen LogP contribution in [0.2, 0.25) is 0 Å². The van der Waals surface area contributed by atoms with E-state index in [4.69, 9.17) is 4.74 Å². The van der Waals surface area contributed by atoms with Crippen molar-refractivity contribution in [1.82, 2.24) is 0 Å². The first-order valence-electron chi connectivity index (χ1n) is 9.46. The first kappa shape index (κ1) is 23.9. The van der Waals surface area contributed by atoms with E-state index < -0.39 is 34.6 Å². The molecule has 0 saturated heterocycles. The Balaban J connectivity index is 1.78. The Morgan fingerprint density at radius 2 is 1.52 bits per heavy atom. The summed E-state index contributed by atoms with van der Waals surface area (Å²) in [6.45, 7) is -0.588. The van der Waals surface area contributed by atoms with Crippen molar-refractivity contribution in [2.24, 2.45) is 0 Å². The molecule has 0 unspecified atom stereocenters. The first-order valence-corrected chi connectivity index (χ1v) is 11.3. The van der Waals surface area contributed by atoms with Crippen LogP contribution >= 0.6 is 0 Å². The normalized spacial score (nSPS) is 11.5. The number of amides is 1. The Morgan fingerprint density at radius 3 is 2.12 bits per heavy atom. The Hall–Kier alpha value is -3.73. The molecule has 33 heavy (non-hydrogen) atoms. The van der Waals surface area contributed by atoms with Crippen LogP contribution in [0.4, 0.5) is 24.5 Å². The Bertz CT molecular complexity index is 1200. The van der Waals surface area contributed by atoms with E-state index in [0.29, 0.717) is 5.75 Å². The summed E-state index contributed by atoms with van der Waals surface area (Å²) >= 11 is 0. The van der Waals surface area contributed by atoms with Crippen molar-refractivity contribution in [2.45, 2.75) is 6.36 Å². The number of rotatable bonds is 8. The van der Waals surface area contributed by atoms with Crippen LogP contribution in [0.15, 0.2) is 78.9 Å². The van der Waals surface area contributed by atoms with Gasteiger partial charge in [0.1, 0.15) is 18.0 Å². The molecule has 174 valence electrons. The van der Waals surface area contributed by atoms with Crippen molar-refractivity contribution in [3.8, 4) is 17.2 Å². The fourth-order valence-electron chi connectivity index (χ4n) is 2.82. The molecule has 0 atom stereocenters. The van der Waals surface area contributed by atoms with Crippen LogP contribution in [-0.2, 0) is 14.8 Å². The molecule has 0 aromatic heterocycles. The van der Waals surface area contributed by atoms with Gasteiger partial charge in [0.25, 0.3) is 0 Å². The second-order valence-corrected chi connectivity index (χ2v) is 8.68. The average molecular weight is 480 g/mol. The molecule has 0 aliphatic rings. The SMILES string of the molecule is CS(=O)(=O)N(CC(=O)Nc1ccc(OC(F)(F)F)cc1)c1ccccc1Oc1ccccc1. The monoisotopic (exact) mass is 480 g/mol. The summed E-state index contributed by atoms with van der Waals surface area (Å²) in [7, 11) is -3.90. The van der Waals surface area contributed by atoms with E-state index in [1.807, 2.05) is 0 Å². The minimum atomic E-state index is -4.84. The summed E-state index contributed by atoms with van der Waals surface area (Å²) in [5.41, 5.74) is 0.310. The highest BCUT2D eigenvalue weighted by molar-refractivity contribution is 7.92. The molecule has 0 radical (unpaired) electrons. The topological polar surface area (TPSA) is 84.9 Å². The Morgan fingerprint density at radius 1 is 0.909 bits per heavy atom. The molecule has 11 heteroatoms. The number of hydrogen-bond donors (Lipinski definition) is 1. The van der Waals surface area contributed by atoms with Crippen LogP contribution in [0.25, 0.3) is 0 Å². The zero-order chi connectivity index (χ0) is 24.1. The molecule has 0 bridgehead atoms. The van der Waals surface area contributed by atoms with Crippen molar-refractivity contribution in [1.29, 1.82) is 0 Å². The summed E-state index contributed by atoms with van der Waals surface area (Å²) < 4.78 is 72.2. The minimum Gasteiger partial charge on any atom is -0.455 e. The van der Waals surface area contributed by atoms with Crippen LogP contribution in [-0.4, -0.2) is 33.5 Å². The van der Waals surface area contributed by atoms with E-state index in [1.165, 1.54) is 18.2 Å². The van der Waals surface area contributed by atoms with E-state index in [-0.39, 0.29) is 17.1 Å². The van der Waals surface area contributed by atoms with Gasteiger partial charge in [0.05, 0.1) is 11.9 Å². The van der Waals surface area contributed by atoms with E-state index in [2.05, 4.69) is 10.1 Å². The predicted molar refractivity (Wildman–Crippen MR) is 117 cm³/mol. The third kappa shape index (κ3) is 7.14. The molecule has 0 spiro atoms. The maximum atomic E-state index is 12.6. The number of sulfonamides is 1. The number of benzene rings is 3. The van der Waals surface area contributed by atoms with E-state index in [1.54, 1.807) is 48.5 Å². The molecule has 3 rings (SSSR count). The van der Waals surface area contributed by atoms with Gasteiger partial charge in [0.2, 0.25) is 15.9 Å². The van der Waals surface area contributed by atoms with Crippen molar-refractivity contribution in [3.05, 3.63) is 78.9 Å². The predicted octanol–water partition coefficient (Wildman–Crippen LogP) is 4.78. The summed E-state index contributed by atoms with van der Waals surface area (Å²) in [6, 6.07) is 19.5. The number of hydrogen-bond acceptors (Lipinski definition) is 5. The fraction of sp³-hybridized carbons (Fsp3) is 0.136. The van der Waals surface area contributed by atoms with Crippen molar-refractivity contribution < 1.29 is 35.9 Å². The number of alkyl halides is 3. The molecule has 0 aliphatic heterocycles. The maximum absolute atomic E-state index is 12.6. The molecule has 0 fully saturated rings. The lowest BCUT2D eigenvalue weighted by atomic mass is 10.2. The largest absolute Gasteiger partial charge is 0.573 e. The number of halogens is 3. The molecule has 1 N–H and O–H groups in total. The van der Waals surface area contributed by atoms with Gasteiger partial charge < -0.3 is 14.8 Å². The van der Waals surface area contributed by atoms with Crippen LogP contribution in [0.3, 0.4) is 0 Å². The molecule has 0 aliphatic carbocycles. The van der Waals surface area contributed by atoms with E-state index in [0.717, 1.165) is 22.7 Å². The van der Waals surface area contributed by atoms with Crippen molar-refractivity contribution in [2.75, 3.05) is 22.4 Å². The zero-order valence-electron chi connectivity index (χ0n) is 17.2. The molecule has 1 amide bonds. The molecular formula is C22H19F3N2O5S. The van der Waals surface area contributed by atoms with E-state index in [9.17, 15) is 26.4 Å². The summed E-state index contributed by atoms with van der Waals surface area (Å²) in [5, 5.41) is 2.45. The Kier molecular flexibility index (Phi) is 7.12. The van der Waals surface area contributed by atoms with Crippen LogP contribution in [0.1, 0.15) is 0 Å². The zero-order valence-corrected chi connectivity index (χ0v) is 18.1. The standard InChI is InChI=1S/C22H19F3N2O5S/c1-33(29,30)27(19-9-5-6-10-20(19)31-17-7-3-2-4-8-17)15-21(28)26-16-11-13-18(14-12-16)32-22(23,24)25/h2-14H,15H2,1H3,(H,26,28). The molecule has 3 aromatic rings. The van der Waals surface area contributed by atoms with Gasteiger partial charge in [-0.25, -0.2) is 8.42 Å². The van der Waals surface area contributed by atoms with E-state index >= 15 is 0 Å². The van der Waals surface area contributed by atoms with Crippen molar-refractivity contribution in [3.63, 3.8) is 0 Å². The minimum absolute atomic E-state index is 0.146. The third-order valence-corrected chi connectivity index (χ3v) is 5.29. The highest BCUT2D eigenvalue weighted by Gasteiger charge is 2.31. The summed E-state index contributed by atoms with van der Waals surface area (Å²) in [5.74, 6) is -0.468. The number of ether oxygens (including phenoxy) is 2. The van der Waals surface area contributed by atoms with Crippen LogP contribution in [0, 0.1) is 0 Å². The second-order valence-electron chi connectivity index (χ2n) is 6.77. The molecule has 7 nitrogen and oxygen atoms in total. The lowest BCUT2D eigenvalue weighted by molar-refractivity contribution is -0.274. The molecular weight excluding hydrogens is 461 g/mol. The number of nitrogens with one attached hydrogen (secondary N) is 1. The fourth-order valence-corrected chi connectivity index (χ4v) is 3.68. The third-order valence-electron chi connectivity index (χ3n) is 4.16. The smallest absolute Gasteiger partial charge is 0.455 e. The number of para-hydroxylation sites is 3. The van der Waals surface area contributed by atoms with Gasteiger partial charge in [-0.2, -0.15) is 0 Å². The highest BCUT2D eigenvalue weighted by atomic mass is 32.2. The van der Waals surface area contributed by atoms with Crippen LogP contribution in [0.5, 0.6) is 17.2 Å². The molecule has 0 heterocycles. The summed E-state index contributed by atoms with van der Waals surface area (Å²) in [6.07, 6.45) is -3.89. The molecule has 3 aromatic carbocycles. The number of anilines is 2. The summed E-state index contributed by atoms with van der Waals surface area (Å²) in [4.78, 5) is 12.6. The second kappa shape index (κ2) is 9.82. The lowest BCUT2D eigenvalue weighted by Gasteiger charge is -2.24. The average Bonchev–Trinajstić information content (AvgIpc) is 2.73. The van der Waals surface area contributed by atoms with Gasteiger partial charge in [0.15, 0.2) is 5.75 Å². The number of carbonyl (C=O) groups is 1. The van der Waals surface area contributed by atoms with Crippen molar-refractivity contribution >= 4 is 27.3 Å².